The Bertz CT molecular complexity index is 939. The molecule has 3 N–H and O–H groups in total. The minimum Gasteiger partial charge on any atom is -0.497 e. The number of thioether (sulfide) groups is 1. The van der Waals surface area contributed by atoms with E-state index in [0.717, 1.165) is 12.8 Å². The van der Waals surface area contributed by atoms with E-state index in [4.69, 9.17) is 4.74 Å². The first-order valence-corrected chi connectivity index (χ1v) is 13.0. The number of aliphatic hydroxyl groups is 1. The Kier molecular flexibility index (Phi) is 7.14. The van der Waals surface area contributed by atoms with Gasteiger partial charge >= 0.3 is 0 Å². The maximum Gasteiger partial charge on any atom is 0.248 e. The monoisotopic (exact) mass is 489 g/mol. The molecule has 0 radical (unpaired) electrons. The van der Waals surface area contributed by atoms with Gasteiger partial charge in [-0.2, -0.15) is 0 Å². The van der Waals surface area contributed by atoms with Crippen LogP contribution in [0, 0.1) is 17.8 Å². The van der Waals surface area contributed by atoms with E-state index in [1.165, 1.54) is 0 Å². The average Bonchev–Trinajstić information content (AvgIpc) is 3.46. The molecule has 2 bridgehead atoms. The van der Waals surface area contributed by atoms with Gasteiger partial charge in [0.1, 0.15) is 11.8 Å². The van der Waals surface area contributed by atoms with Crippen LogP contribution in [0.2, 0.25) is 0 Å². The van der Waals surface area contributed by atoms with Crippen LogP contribution < -0.4 is 15.4 Å². The Morgan fingerprint density at radius 2 is 1.97 bits per heavy atom. The van der Waals surface area contributed by atoms with Crippen molar-refractivity contribution in [1.82, 2.24) is 10.2 Å². The van der Waals surface area contributed by atoms with Crippen LogP contribution in [0.1, 0.15) is 40.0 Å². The lowest BCUT2D eigenvalue weighted by Crippen LogP contribution is -2.56. The number of methoxy groups -OCH3 is 1. The van der Waals surface area contributed by atoms with Crippen molar-refractivity contribution in [2.75, 3.05) is 25.6 Å². The smallest absolute Gasteiger partial charge is 0.248 e. The molecule has 0 aliphatic carbocycles. The molecule has 3 aliphatic heterocycles. The molecule has 9 heteroatoms. The molecule has 3 fully saturated rings. The Hall–Kier alpha value is -2.26. The molecule has 3 heterocycles. The standard InChI is InChI=1S/C25H35N3O5S/c1-5-12-26-22(30)19-18-10-11-25(34-18)20(19)24(32)28(17(13-29)14(2)3)21(25)23(31)27-15-6-8-16(33-4)9-7-15/h6-9,14,17-21,29H,5,10-13H2,1-4H3,(H,26,30)(H,27,31)/t17-,18+,19-,20-,21?,25?/m0/s1. The molecule has 186 valence electrons. The van der Waals surface area contributed by atoms with Crippen LogP contribution in [0.3, 0.4) is 0 Å². The third kappa shape index (κ3) is 3.96. The minimum absolute atomic E-state index is 0.0240. The summed E-state index contributed by atoms with van der Waals surface area (Å²) in [5.41, 5.74) is 0.609. The van der Waals surface area contributed by atoms with Crippen molar-refractivity contribution in [3.05, 3.63) is 24.3 Å². The van der Waals surface area contributed by atoms with Crippen LogP contribution in [-0.2, 0) is 14.4 Å². The molecular formula is C25H35N3O5S. The van der Waals surface area contributed by atoms with E-state index < -0.39 is 28.7 Å². The lowest BCUT2D eigenvalue weighted by Gasteiger charge is -2.38. The van der Waals surface area contributed by atoms with Gasteiger partial charge in [-0.3, -0.25) is 14.4 Å². The van der Waals surface area contributed by atoms with E-state index in [9.17, 15) is 19.5 Å². The Morgan fingerprint density at radius 1 is 1.26 bits per heavy atom. The van der Waals surface area contributed by atoms with Gasteiger partial charge in [-0.1, -0.05) is 20.8 Å². The highest BCUT2D eigenvalue weighted by Crippen LogP contribution is 2.66. The number of likely N-dealkylation sites (tertiary alicyclic amines) is 1. The molecular weight excluding hydrogens is 454 g/mol. The third-order valence-electron chi connectivity index (χ3n) is 7.51. The molecule has 0 aromatic heterocycles. The topological polar surface area (TPSA) is 108 Å². The second-order valence-corrected chi connectivity index (χ2v) is 11.4. The SMILES string of the molecule is CCCNC(=O)[C@@H]1[C@H]2C(=O)N([C@@H](CO)C(C)C)C(C(=O)Nc3ccc(OC)cc3)C23CC[C@H]1S3. The summed E-state index contributed by atoms with van der Waals surface area (Å²) in [6.07, 6.45) is 2.31. The van der Waals surface area contributed by atoms with E-state index in [1.54, 1.807) is 48.0 Å². The predicted molar refractivity (Wildman–Crippen MR) is 132 cm³/mol. The highest BCUT2D eigenvalue weighted by Gasteiger charge is 2.74. The minimum atomic E-state index is -0.759. The second kappa shape index (κ2) is 9.77. The summed E-state index contributed by atoms with van der Waals surface area (Å²) >= 11 is 1.63. The Morgan fingerprint density at radius 3 is 2.56 bits per heavy atom. The zero-order valence-corrected chi connectivity index (χ0v) is 21.1. The number of hydrogen-bond donors (Lipinski definition) is 3. The molecule has 3 amide bonds. The Balaban J connectivity index is 1.70. The third-order valence-corrected chi connectivity index (χ3v) is 9.46. The summed E-state index contributed by atoms with van der Waals surface area (Å²) in [6.45, 7) is 6.20. The summed E-state index contributed by atoms with van der Waals surface area (Å²) in [4.78, 5) is 42.5. The highest BCUT2D eigenvalue weighted by atomic mass is 32.2. The fourth-order valence-electron chi connectivity index (χ4n) is 5.92. The fraction of sp³-hybridized carbons (Fsp3) is 0.640. The molecule has 1 aromatic carbocycles. The normalized spacial score (nSPS) is 30.4. The average molecular weight is 490 g/mol. The van der Waals surface area contributed by atoms with Crippen molar-refractivity contribution in [3.8, 4) is 5.75 Å². The van der Waals surface area contributed by atoms with Crippen LogP contribution in [0.25, 0.3) is 0 Å². The summed E-state index contributed by atoms with van der Waals surface area (Å²) in [5, 5.41) is 16.2. The number of hydrogen-bond acceptors (Lipinski definition) is 6. The molecule has 4 rings (SSSR count). The van der Waals surface area contributed by atoms with E-state index in [1.807, 2.05) is 20.8 Å². The lowest BCUT2D eigenvalue weighted by atomic mass is 9.70. The van der Waals surface area contributed by atoms with Gasteiger partial charge in [-0.25, -0.2) is 0 Å². The first-order chi connectivity index (χ1) is 16.3. The summed E-state index contributed by atoms with van der Waals surface area (Å²) in [5.74, 6) is -0.939. The van der Waals surface area contributed by atoms with Gasteiger partial charge in [0.25, 0.3) is 0 Å². The summed E-state index contributed by atoms with van der Waals surface area (Å²) < 4.78 is 4.53. The van der Waals surface area contributed by atoms with Crippen molar-refractivity contribution in [3.63, 3.8) is 0 Å². The molecule has 0 saturated carbocycles. The number of anilines is 1. The number of amides is 3. The number of carbonyl (C=O) groups is 3. The van der Waals surface area contributed by atoms with Crippen molar-refractivity contribution < 1.29 is 24.2 Å². The van der Waals surface area contributed by atoms with Gasteiger partial charge in [-0.05, 0) is 49.4 Å². The van der Waals surface area contributed by atoms with Gasteiger partial charge in [0.05, 0.1) is 36.3 Å². The van der Waals surface area contributed by atoms with E-state index in [2.05, 4.69) is 10.6 Å². The van der Waals surface area contributed by atoms with E-state index >= 15 is 0 Å². The lowest BCUT2D eigenvalue weighted by molar-refractivity contribution is -0.142. The van der Waals surface area contributed by atoms with Crippen molar-refractivity contribution in [2.45, 2.75) is 62.1 Å². The second-order valence-electron chi connectivity index (χ2n) is 9.80. The van der Waals surface area contributed by atoms with Crippen molar-refractivity contribution in [2.24, 2.45) is 17.8 Å². The van der Waals surface area contributed by atoms with Gasteiger partial charge < -0.3 is 25.4 Å². The largest absolute Gasteiger partial charge is 0.497 e. The number of nitrogens with zero attached hydrogens (tertiary/aromatic N) is 1. The maximum atomic E-state index is 13.9. The Labute approximate surface area is 205 Å². The molecule has 1 spiro atoms. The highest BCUT2D eigenvalue weighted by molar-refractivity contribution is 8.02. The number of fused-ring (bicyclic) bond motifs is 1. The number of rotatable bonds is 9. The van der Waals surface area contributed by atoms with Crippen molar-refractivity contribution in [1.29, 1.82) is 0 Å². The summed E-state index contributed by atoms with van der Waals surface area (Å²) in [6, 6.07) is 5.80. The zero-order chi connectivity index (χ0) is 24.6. The van der Waals surface area contributed by atoms with Gasteiger partial charge in [0, 0.05) is 17.5 Å². The number of ether oxygens (including phenoxy) is 1. The van der Waals surface area contributed by atoms with Gasteiger partial charge in [0.2, 0.25) is 17.7 Å². The first-order valence-electron chi connectivity index (χ1n) is 12.1. The predicted octanol–water partition coefficient (Wildman–Crippen LogP) is 2.27. The number of nitrogens with one attached hydrogen (secondary N) is 2. The van der Waals surface area contributed by atoms with Crippen LogP contribution >= 0.6 is 11.8 Å². The maximum absolute atomic E-state index is 13.9. The number of carbonyl (C=O) groups excluding carboxylic acids is 3. The fourth-order valence-corrected chi connectivity index (χ4v) is 8.13. The molecule has 3 aliphatic rings. The zero-order valence-electron chi connectivity index (χ0n) is 20.2. The quantitative estimate of drug-likeness (QED) is 0.491. The molecule has 34 heavy (non-hydrogen) atoms. The van der Waals surface area contributed by atoms with Gasteiger partial charge in [-0.15, -0.1) is 11.8 Å². The molecule has 1 aromatic rings. The van der Waals surface area contributed by atoms with E-state index in [-0.39, 0.29) is 35.5 Å². The van der Waals surface area contributed by atoms with Crippen LogP contribution in [0.4, 0.5) is 5.69 Å². The molecule has 3 saturated heterocycles. The molecule has 2 unspecified atom stereocenters. The number of benzene rings is 1. The van der Waals surface area contributed by atoms with Crippen LogP contribution in [0.5, 0.6) is 5.75 Å². The number of aliphatic hydroxyl groups excluding tert-OH is 1. The molecule has 6 atom stereocenters. The van der Waals surface area contributed by atoms with Crippen molar-refractivity contribution >= 4 is 35.2 Å². The first kappa shape index (κ1) is 24.9. The van der Waals surface area contributed by atoms with E-state index in [0.29, 0.717) is 24.4 Å². The van der Waals surface area contributed by atoms with Gasteiger partial charge in [0.15, 0.2) is 0 Å². The van der Waals surface area contributed by atoms with Crippen LogP contribution in [-0.4, -0.2) is 70.1 Å². The summed E-state index contributed by atoms with van der Waals surface area (Å²) in [7, 11) is 1.58. The van der Waals surface area contributed by atoms with Crippen LogP contribution in [0.15, 0.2) is 24.3 Å². The molecule has 8 nitrogen and oxygen atoms in total.